The molecular weight excluding hydrogens is 196 g/mol. The lowest BCUT2D eigenvalue weighted by Crippen LogP contribution is -2.36. The van der Waals surface area contributed by atoms with Crippen LogP contribution in [0.5, 0.6) is 0 Å². The maximum Gasteiger partial charge on any atom is 0.308 e. The zero-order valence-electron chi connectivity index (χ0n) is 9.43. The van der Waals surface area contributed by atoms with Gasteiger partial charge in [0.05, 0.1) is 12.5 Å². The monoisotopic (exact) mass is 214 g/mol. The molecule has 1 rings (SSSR count). The first kappa shape index (κ1) is 12.0. The smallest absolute Gasteiger partial charge is 0.308 e. The van der Waals surface area contributed by atoms with Crippen molar-refractivity contribution < 1.29 is 14.7 Å². The Kier molecular flexibility index (Phi) is 3.68. The van der Waals surface area contributed by atoms with Gasteiger partial charge in [0.2, 0.25) is 5.91 Å². The predicted molar refractivity (Wildman–Crippen MR) is 55.4 cm³/mol. The summed E-state index contributed by atoms with van der Waals surface area (Å²) in [6, 6.07) is 0. The molecule has 5 heteroatoms. The minimum atomic E-state index is -0.803. The number of carbonyl (C=O) groups is 2. The van der Waals surface area contributed by atoms with Crippen molar-refractivity contribution in [2.45, 2.75) is 6.92 Å². The lowest BCUT2D eigenvalue weighted by molar-refractivity contribution is -0.142. The van der Waals surface area contributed by atoms with Gasteiger partial charge in [0.1, 0.15) is 0 Å². The molecule has 2 atom stereocenters. The number of hydrogen-bond donors (Lipinski definition) is 1. The molecule has 0 aliphatic carbocycles. The van der Waals surface area contributed by atoms with Gasteiger partial charge in [0.15, 0.2) is 0 Å². The standard InChI is InChI=1S/C10H18N2O3/c1-7-4-12(5-8(7)10(14)15)9(13)6-11(2)3/h7-8H,4-6H2,1-3H3,(H,14,15). The van der Waals surface area contributed by atoms with Crippen molar-refractivity contribution in [3.05, 3.63) is 0 Å². The van der Waals surface area contributed by atoms with E-state index in [1.807, 2.05) is 21.0 Å². The Bertz CT molecular complexity index is 265. The van der Waals surface area contributed by atoms with Crippen LogP contribution in [0.15, 0.2) is 0 Å². The summed E-state index contributed by atoms with van der Waals surface area (Å²) < 4.78 is 0. The highest BCUT2D eigenvalue weighted by atomic mass is 16.4. The van der Waals surface area contributed by atoms with Crippen LogP contribution >= 0.6 is 0 Å². The summed E-state index contributed by atoms with van der Waals surface area (Å²) in [5.41, 5.74) is 0. The van der Waals surface area contributed by atoms with Crippen LogP contribution in [0.3, 0.4) is 0 Å². The maximum atomic E-state index is 11.7. The summed E-state index contributed by atoms with van der Waals surface area (Å²) >= 11 is 0. The second kappa shape index (κ2) is 4.61. The van der Waals surface area contributed by atoms with Crippen molar-refractivity contribution in [1.82, 2.24) is 9.80 Å². The molecular formula is C10H18N2O3. The van der Waals surface area contributed by atoms with Crippen LogP contribution in [0.1, 0.15) is 6.92 Å². The fraction of sp³-hybridized carbons (Fsp3) is 0.800. The quantitative estimate of drug-likeness (QED) is 0.702. The van der Waals surface area contributed by atoms with Crippen molar-refractivity contribution in [3.63, 3.8) is 0 Å². The lowest BCUT2D eigenvalue weighted by Gasteiger charge is -2.18. The number of nitrogens with zero attached hydrogens (tertiary/aromatic N) is 2. The van der Waals surface area contributed by atoms with E-state index in [9.17, 15) is 9.59 Å². The van der Waals surface area contributed by atoms with Crippen molar-refractivity contribution in [2.24, 2.45) is 11.8 Å². The minimum absolute atomic E-state index is 0.00981. The van der Waals surface area contributed by atoms with Gasteiger partial charge >= 0.3 is 5.97 Å². The number of aliphatic carboxylic acids is 1. The topological polar surface area (TPSA) is 60.9 Å². The Morgan fingerprint density at radius 2 is 2.00 bits per heavy atom. The highest BCUT2D eigenvalue weighted by molar-refractivity contribution is 5.80. The van der Waals surface area contributed by atoms with E-state index >= 15 is 0 Å². The largest absolute Gasteiger partial charge is 0.481 e. The summed E-state index contributed by atoms with van der Waals surface area (Å²) in [5.74, 6) is -1.15. The molecule has 0 spiro atoms. The first-order chi connectivity index (χ1) is 6.91. The highest BCUT2D eigenvalue weighted by Crippen LogP contribution is 2.23. The zero-order chi connectivity index (χ0) is 11.6. The molecule has 1 saturated heterocycles. The van der Waals surface area contributed by atoms with Gasteiger partial charge in [-0.05, 0) is 20.0 Å². The molecule has 1 heterocycles. The molecule has 86 valence electrons. The molecule has 1 amide bonds. The Morgan fingerprint density at radius 3 is 2.40 bits per heavy atom. The second-order valence-electron chi connectivity index (χ2n) is 4.46. The van der Waals surface area contributed by atoms with Crippen molar-refractivity contribution in [2.75, 3.05) is 33.7 Å². The minimum Gasteiger partial charge on any atom is -0.481 e. The van der Waals surface area contributed by atoms with Gasteiger partial charge < -0.3 is 14.9 Å². The van der Waals surface area contributed by atoms with Crippen molar-refractivity contribution >= 4 is 11.9 Å². The predicted octanol–water partition coefficient (Wildman–Crippen LogP) is -0.273. The molecule has 1 aliphatic heterocycles. The Labute approximate surface area is 89.7 Å². The first-order valence-corrected chi connectivity index (χ1v) is 5.07. The van der Waals surface area contributed by atoms with Crippen LogP contribution in [-0.4, -0.2) is 60.5 Å². The van der Waals surface area contributed by atoms with Gasteiger partial charge in [-0.25, -0.2) is 0 Å². The third-order valence-electron chi connectivity index (χ3n) is 2.73. The number of likely N-dealkylation sites (N-methyl/N-ethyl adjacent to an activating group) is 1. The number of carboxylic acids is 1. The molecule has 1 aliphatic rings. The van der Waals surface area contributed by atoms with Crippen molar-refractivity contribution in [1.29, 1.82) is 0 Å². The third-order valence-corrected chi connectivity index (χ3v) is 2.73. The van der Waals surface area contributed by atoms with E-state index in [-0.39, 0.29) is 11.8 Å². The molecule has 0 aromatic rings. The van der Waals surface area contributed by atoms with Crippen molar-refractivity contribution in [3.8, 4) is 0 Å². The molecule has 1 N–H and O–H groups in total. The van der Waals surface area contributed by atoms with Crippen LogP contribution in [0.25, 0.3) is 0 Å². The molecule has 2 unspecified atom stereocenters. The fourth-order valence-corrected chi connectivity index (χ4v) is 1.86. The van der Waals surface area contributed by atoms with Gasteiger partial charge in [-0.2, -0.15) is 0 Å². The number of amides is 1. The second-order valence-corrected chi connectivity index (χ2v) is 4.46. The van der Waals surface area contributed by atoms with E-state index in [1.165, 1.54) is 0 Å². The van der Waals surface area contributed by atoms with Crippen LogP contribution < -0.4 is 0 Å². The highest BCUT2D eigenvalue weighted by Gasteiger charge is 2.36. The fourth-order valence-electron chi connectivity index (χ4n) is 1.86. The SMILES string of the molecule is CC1CN(C(=O)CN(C)C)CC1C(=O)O. The molecule has 1 fully saturated rings. The third kappa shape index (κ3) is 2.92. The average molecular weight is 214 g/mol. The van der Waals surface area contributed by atoms with E-state index in [4.69, 9.17) is 5.11 Å². The molecule has 15 heavy (non-hydrogen) atoms. The summed E-state index contributed by atoms with van der Waals surface area (Å²) in [4.78, 5) is 25.9. The van der Waals surface area contributed by atoms with Gasteiger partial charge in [0.25, 0.3) is 0 Å². The van der Waals surface area contributed by atoms with Crippen LogP contribution in [0, 0.1) is 11.8 Å². The van der Waals surface area contributed by atoms with Crippen LogP contribution in [0.4, 0.5) is 0 Å². The summed E-state index contributed by atoms with van der Waals surface area (Å²) in [7, 11) is 3.65. The number of rotatable bonds is 3. The lowest BCUT2D eigenvalue weighted by atomic mass is 9.99. The van der Waals surface area contributed by atoms with E-state index in [0.717, 1.165) is 0 Å². The molecule has 5 nitrogen and oxygen atoms in total. The summed E-state index contributed by atoms with van der Waals surface area (Å²) in [6.45, 7) is 3.13. The molecule has 0 aromatic carbocycles. The Hall–Kier alpha value is -1.10. The van der Waals surface area contributed by atoms with E-state index < -0.39 is 11.9 Å². The molecule has 0 aromatic heterocycles. The normalized spacial score (nSPS) is 26.0. The number of hydrogen-bond acceptors (Lipinski definition) is 3. The number of likely N-dealkylation sites (tertiary alicyclic amines) is 1. The summed E-state index contributed by atoms with van der Waals surface area (Å²) in [5, 5.41) is 8.92. The van der Waals surface area contributed by atoms with E-state index in [2.05, 4.69) is 0 Å². The van der Waals surface area contributed by atoms with E-state index in [1.54, 1.807) is 9.80 Å². The molecule has 0 saturated carbocycles. The molecule has 0 bridgehead atoms. The maximum absolute atomic E-state index is 11.7. The number of carbonyl (C=O) groups excluding carboxylic acids is 1. The zero-order valence-corrected chi connectivity index (χ0v) is 9.43. The van der Waals surface area contributed by atoms with E-state index in [0.29, 0.717) is 19.6 Å². The Morgan fingerprint density at radius 1 is 1.40 bits per heavy atom. The molecule has 0 radical (unpaired) electrons. The average Bonchev–Trinajstić information content (AvgIpc) is 2.46. The van der Waals surface area contributed by atoms with Crippen LogP contribution in [0.2, 0.25) is 0 Å². The van der Waals surface area contributed by atoms with Gasteiger partial charge in [-0.15, -0.1) is 0 Å². The van der Waals surface area contributed by atoms with Crippen LogP contribution in [-0.2, 0) is 9.59 Å². The Balaban J connectivity index is 2.54. The summed E-state index contributed by atoms with van der Waals surface area (Å²) in [6.07, 6.45) is 0. The van der Waals surface area contributed by atoms with Gasteiger partial charge in [0, 0.05) is 13.1 Å². The number of carboxylic acid groups (broad SMARTS) is 1. The van der Waals surface area contributed by atoms with Gasteiger partial charge in [-0.3, -0.25) is 9.59 Å². The first-order valence-electron chi connectivity index (χ1n) is 5.07. The van der Waals surface area contributed by atoms with Gasteiger partial charge in [-0.1, -0.05) is 6.92 Å².